The summed E-state index contributed by atoms with van der Waals surface area (Å²) >= 11 is 0. The van der Waals surface area contributed by atoms with Crippen LogP contribution in [0.15, 0.2) is 0 Å². The molecule has 0 aliphatic carbocycles. The molecule has 0 radical (unpaired) electrons. The van der Waals surface area contributed by atoms with Crippen LogP contribution < -0.4 is 0 Å². The number of ether oxygens (including phenoxy) is 2. The van der Waals surface area contributed by atoms with Gasteiger partial charge in [-0.2, -0.15) is 0 Å². The van der Waals surface area contributed by atoms with E-state index in [0.717, 1.165) is 52.4 Å². The highest BCUT2D eigenvalue weighted by Gasteiger charge is 2.14. The lowest BCUT2D eigenvalue weighted by atomic mass is 10.3. The molecule has 0 aromatic rings. The van der Waals surface area contributed by atoms with E-state index in [1.807, 2.05) is 32.6 Å². The second-order valence-corrected chi connectivity index (χ2v) is 4.89. The molecular weight excluding hydrogens is 280 g/mol. The third-order valence-electron chi connectivity index (χ3n) is 3.25. The van der Waals surface area contributed by atoms with Crippen LogP contribution in [0.1, 0.15) is 48.0 Å². The van der Waals surface area contributed by atoms with Crippen LogP contribution in [0.5, 0.6) is 0 Å². The van der Waals surface area contributed by atoms with Gasteiger partial charge in [0.05, 0.1) is 19.3 Å². The molecule has 2 saturated heterocycles. The fraction of sp³-hybridized carbons (Fsp3) is 0.941. The Hall–Kier alpha value is -0.650. The van der Waals surface area contributed by atoms with Gasteiger partial charge in [-0.1, -0.05) is 27.7 Å². The van der Waals surface area contributed by atoms with Gasteiger partial charge in [0.1, 0.15) is 0 Å². The first kappa shape index (κ1) is 23.6. The first-order chi connectivity index (χ1) is 10.6. The quantitative estimate of drug-likeness (QED) is 0.688. The summed E-state index contributed by atoms with van der Waals surface area (Å²) in [6, 6.07) is 0. The molecule has 5 heteroatoms. The molecule has 0 aromatic carbocycles. The molecule has 2 heterocycles. The van der Waals surface area contributed by atoms with Crippen molar-refractivity contribution in [2.75, 3.05) is 53.0 Å². The van der Waals surface area contributed by atoms with E-state index in [2.05, 4.69) is 18.9 Å². The van der Waals surface area contributed by atoms with E-state index in [0.29, 0.717) is 6.10 Å². The van der Waals surface area contributed by atoms with Gasteiger partial charge >= 0.3 is 0 Å². The summed E-state index contributed by atoms with van der Waals surface area (Å²) in [6.45, 7) is 17.9. The van der Waals surface area contributed by atoms with Gasteiger partial charge < -0.3 is 19.3 Å². The molecular formula is C17H38N2O3. The van der Waals surface area contributed by atoms with Crippen LogP contribution in [0.3, 0.4) is 0 Å². The SMILES string of the molecule is CC.CC.CC(=O)N1CCN(C)CC1.CC1CCOCCO1. The molecule has 134 valence electrons. The van der Waals surface area contributed by atoms with Crippen LogP contribution in [0.2, 0.25) is 0 Å². The summed E-state index contributed by atoms with van der Waals surface area (Å²) in [6.07, 6.45) is 1.44. The summed E-state index contributed by atoms with van der Waals surface area (Å²) in [4.78, 5) is 14.9. The van der Waals surface area contributed by atoms with E-state index in [1.54, 1.807) is 6.92 Å². The van der Waals surface area contributed by atoms with E-state index in [1.165, 1.54) is 0 Å². The first-order valence-corrected chi connectivity index (χ1v) is 8.73. The molecule has 0 bridgehead atoms. The van der Waals surface area contributed by atoms with Gasteiger partial charge in [0.2, 0.25) is 5.91 Å². The molecule has 1 atom stereocenters. The Morgan fingerprint density at radius 2 is 1.50 bits per heavy atom. The number of piperazine rings is 1. The van der Waals surface area contributed by atoms with E-state index < -0.39 is 0 Å². The topological polar surface area (TPSA) is 42.0 Å². The van der Waals surface area contributed by atoms with Crippen LogP contribution in [0.25, 0.3) is 0 Å². The highest BCUT2D eigenvalue weighted by molar-refractivity contribution is 5.73. The fourth-order valence-electron chi connectivity index (χ4n) is 1.86. The Morgan fingerprint density at radius 1 is 0.955 bits per heavy atom. The van der Waals surface area contributed by atoms with Gasteiger partial charge in [-0.15, -0.1) is 0 Å². The van der Waals surface area contributed by atoms with E-state index in [9.17, 15) is 4.79 Å². The number of hydrogen-bond acceptors (Lipinski definition) is 4. The van der Waals surface area contributed by atoms with Gasteiger partial charge in [-0.3, -0.25) is 4.79 Å². The van der Waals surface area contributed by atoms with Crippen molar-refractivity contribution in [3.8, 4) is 0 Å². The van der Waals surface area contributed by atoms with Crippen LogP contribution in [-0.4, -0.2) is 74.9 Å². The minimum Gasteiger partial charge on any atom is -0.379 e. The molecule has 5 nitrogen and oxygen atoms in total. The molecule has 2 fully saturated rings. The number of amides is 1. The smallest absolute Gasteiger partial charge is 0.219 e. The summed E-state index contributed by atoms with van der Waals surface area (Å²) < 4.78 is 10.4. The average Bonchev–Trinajstić information content (AvgIpc) is 2.80. The Bertz CT molecular complexity index is 234. The maximum atomic E-state index is 10.8. The van der Waals surface area contributed by atoms with Crippen molar-refractivity contribution in [3.05, 3.63) is 0 Å². The standard InChI is InChI=1S/C7H14N2O.C6H12O2.2C2H6/c1-7(10)9-5-3-8(2)4-6-9;1-6-2-3-7-4-5-8-6;2*1-2/h3-6H2,1-2H3;6H,2-5H2,1H3;2*1-2H3. The Balaban J connectivity index is 0. The summed E-state index contributed by atoms with van der Waals surface area (Å²) in [7, 11) is 2.08. The molecule has 0 N–H and O–H groups in total. The molecule has 1 unspecified atom stereocenters. The van der Waals surface area contributed by atoms with Gasteiger partial charge in [-0.05, 0) is 20.4 Å². The largest absolute Gasteiger partial charge is 0.379 e. The molecule has 2 rings (SSSR count). The molecule has 2 aliphatic heterocycles. The first-order valence-electron chi connectivity index (χ1n) is 8.73. The number of hydrogen-bond donors (Lipinski definition) is 0. The van der Waals surface area contributed by atoms with E-state index >= 15 is 0 Å². The van der Waals surface area contributed by atoms with Crippen LogP contribution in [0.4, 0.5) is 0 Å². The maximum absolute atomic E-state index is 10.8. The van der Waals surface area contributed by atoms with Gasteiger partial charge in [0.25, 0.3) is 0 Å². The Morgan fingerprint density at radius 3 is 2.00 bits per heavy atom. The van der Waals surface area contributed by atoms with Crippen molar-refractivity contribution < 1.29 is 14.3 Å². The van der Waals surface area contributed by atoms with Crippen LogP contribution in [-0.2, 0) is 14.3 Å². The highest BCUT2D eigenvalue weighted by Crippen LogP contribution is 2.01. The zero-order valence-corrected chi connectivity index (χ0v) is 15.9. The second kappa shape index (κ2) is 16.7. The van der Waals surface area contributed by atoms with E-state index in [4.69, 9.17) is 9.47 Å². The lowest BCUT2D eigenvalue weighted by Crippen LogP contribution is -2.46. The summed E-state index contributed by atoms with van der Waals surface area (Å²) in [5.41, 5.74) is 0. The molecule has 1 amide bonds. The monoisotopic (exact) mass is 318 g/mol. The number of nitrogens with zero attached hydrogens (tertiary/aromatic N) is 2. The molecule has 0 saturated carbocycles. The normalized spacial score (nSPS) is 21.8. The maximum Gasteiger partial charge on any atom is 0.219 e. The third kappa shape index (κ3) is 13.0. The molecule has 22 heavy (non-hydrogen) atoms. The predicted molar refractivity (Wildman–Crippen MR) is 93.3 cm³/mol. The zero-order valence-electron chi connectivity index (χ0n) is 15.9. The second-order valence-electron chi connectivity index (χ2n) is 4.89. The summed E-state index contributed by atoms with van der Waals surface area (Å²) in [5, 5.41) is 0. The Kier molecular flexibility index (Phi) is 17.9. The van der Waals surface area contributed by atoms with Gasteiger partial charge in [0, 0.05) is 39.7 Å². The highest BCUT2D eigenvalue weighted by atomic mass is 16.5. The Labute approximate surface area is 137 Å². The summed E-state index contributed by atoms with van der Waals surface area (Å²) in [5.74, 6) is 0.202. The van der Waals surface area contributed by atoms with Gasteiger partial charge in [0.15, 0.2) is 0 Å². The third-order valence-corrected chi connectivity index (χ3v) is 3.25. The van der Waals surface area contributed by atoms with Crippen molar-refractivity contribution in [2.24, 2.45) is 0 Å². The van der Waals surface area contributed by atoms with Crippen LogP contribution >= 0.6 is 0 Å². The molecule has 0 aromatic heterocycles. The fourth-order valence-corrected chi connectivity index (χ4v) is 1.86. The minimum absolute atomic E-state index is 0.202. The predicted octanol–water partition coefficient (Wildman–Crippen LogP) is 2.64. The number of carbonyl (C=O) groups excluding carboxylic acids is 1. The van der Waals surface area contributed by atoms with Crippen molar-refractivity contribution in [2.45, 2.75) is 54.1 Å². The van der Waals surface area contributed by atoms with Crippen molar-refractivity contribution in [1.29, 1.82) is 0 Å². The lowest BCUT2D eigenvalue weighted by Gasteiger charge is -2.31. The minimum atomic E-state index is 0.202. The lowest BCUT2D eigenvalue weighted by molar-refractivity contribution is -0.130. The number of rotatable bonds is 0. The van der Waals surface area contributed by atoms with Gasteiger partial charge in [-0.25, -0.2) is 0 Å². The van der Waals surface area contributed by atoms with Crippen molar-refractivity contribution in [1.82, 2.24) is 9.80 Å². The van der Waals surface area contributed by atoms with E-state index in [-0.39, 0.29) is 5.91 Å². The van der Waals surface area contributed by atoms with Crippen molar-refractivity contribution >= 4 is 5.91 Å². The molecule has 0 spiro atoms. The van der Waals surface area contributed by atoms with Crippen molar-refractivity contribution in [3.63, 3.8) is 0 Å². The average molecular weight is 319 g/mol. The molecule has 2 aliphatic rings. The number of likely N-dealkylation sites (N-methyl/N-ethyl adjacent to an activating group) is 1. The van der Waals surface area contributed by atoms with Crippen LogP contribution in [0, 0.1) is 0 Å². The zero-order chi connectivity index (χ0) is 17.4. The number of carbonyl (C=O) groups is 1.